The molecule has 1 aromatic rings. The lowest BCUT2D eigenvalue weighted by atomic mass is 10.1. The standard InChI is InChI=1S/C12H18N4O3/c1-2-3-9-14-10(16-15-9)11(17)13-8-5-4-7(6-8)12(18)19/h7-8H,2-6H2,1H3,(H,13,17)(H,18,19)(H,14,15,16)/t7-,8+/m1/s1. The molecule has 3 N–H and O–H groups in total. The molecule has 1 aliphatic rings. The highest BCUT2D eigenvalue weighted by Gasteiger charge is 2.31. The molecule has 7 nitrogen and oxygen atoms in total. The molecule has 7 heteroatoms. The molecule has 2 atom stereocenters. The Labute approximate surface area is 110 Å². The number of hydrogen-bond donors (Lipinski definition) is 3. The van der Waals surface area contributed by atoms with Crippen LogP contribution in [-0.4, -0.2) is 38.2 Å². The molecule has 1 heterocycles. The summed E-state index contributed by atoms with van der Waals surface area (Å²) < 4.78 is 0. The molecule has 104 valence electrons. The number of carbonyl (C=O) groups excluding carboxylic acids is 1. The van der Waals surface area contributed by atoms with E-state index in [0.29, 0.717) is 25.1 Å². The first-order chi connectivity index (χ1) is 9.10. The van der Waals surface area contributed by atoms with Crippen LogP contribution in [0.4, 0.5) is 0 Å². The molecular formula is C12H18N4O3. The van der Waals surface area contributed by atoms with Crippen molar-refractivity contribution < 1.29 is 14.7 Å². The van der Waals surface area contributed by atoms with Crippen LogP contribution < -0.4 is 5.32 Å². The summed E-state index contributed by atoms with van der Waals surface area (Å²) >= 11 is 0. The average molecular weight is 266 g/mol. The smallest absolute Gasteiger partial charge is 0.306 e. The summed E-state index contributed by atoms with van der Waals surface area (Å²) in [5.74, 6) is -0.660. The fraction of sp³-hybridized carbons (Fsp3) is 0.667. The van der Waals surface area contributed by atoms with Crippen molar-refractivity contribution in [1.29, 1.82) is 0 Å². The van der Waals surface area contributed by atoms with Crippen molar-refractivity contribution in [3.63, 3.8) is 0 Å². The zero-order chi connectivity index (χ0) is 13.8. The van der Waals surface area contributed by atoms with Crippen LogP contribution in [-0.2, 0) is 11.2 Å². The van der Waals surface area contributed by atoms with Crippen molar-refractivity contribution in [1.82, 2.24) is 20.5 Å². The molecule has 1 aromatic heterocycles. The minimum Gasteiger partial charge on any atom is -0.481 e. The Morgan fingerprint density at radius 1 is 1.47 bits per heavy atom. The van der Waals surface area contributed by atoms with E-state index in [9.17, 15) is 9.59 Å². The maximum absolute atomic E-state index is 11.9. The molecule has 2 rings (SSSR count). The number of hydrogen-bond acceptors (Lipinski definition) is 4. The van der Waals surface area contributed by atoms with E-state index in [4.69, 9.17) is 5.11 Å². The maximum atomic E-state index is 11.9. The molecular weight excluding hydrogens is 248 g/mol. The fourth-order valence-electron chi connectivity index (χ4n) is 2.33. The highest BCUT2D eigenvalue weighted by atomic mass is 16.4. The molecule has 1 aliphatic carbocycles. The number of carboxylic acids is 1. The van der Waals surface area contributed by atoms with Crippen molar-refractivity contribution in [2.24, 2.45) is 5.92 Å². The Morgan fingerprint density at radius 3 is 2.89 bits per heavy atom. The van der Waals surface area contributed by atoms with Crippen LogP contribution >= 0.6 is 0 Å². The van der Waals surface area contributed by atoms with Gasteiger partial charge in [0.05, 0.1) is 5.92 Å². The van der Waals surface area contributed by atoms with E-state index in [1.54, 1.807) is 0 Å². The number of carbonyl (C=O) groups is 2. The van der Waals surface area contributed by atoms with Crippen molar-refractivity contribution >= 4 is 11.9 Å². The lowest BCUT2D eigenvalue weighted by Gasteiger charge is -2.10. The molecule has 1 saturated carbocycles. The molecule has 0 bridgehead atoms. The van der Waals surface area contributed by atoms with Gasteiger partial charge in [0.2, 0.25) is 5.82 Å². The zero-order valence-corrected chi connectivity index (χ0v) is 10.8. The zero-order valence-electron chi connectivity index (χ0n) is 10.8. The van der Waals surface area contributed by atoms with Gasteiger partial charge in [-0.05, 0) is 25.7 Å². The number of carboxylic acid groups (broad SMARTS) is 1. The summed E-state index contributed by atoms with van der Waals surface area (Å²) in [6.07, 6.45) is 3.46. The molecule has 1 fully saturated rings. The van der Waals surface area contributed by atoms with E-state index in [2.05, 4.69) is 20.5 Å². The molecule has 0 saturated heterocycles. The summed E-state index contributed by atoms with van der Waals surface area (Å²) in [4.78, 5) is 26.8. The number of amides is 1. The van der Waals surface area contributed by atoms with Crippen LogP contribution in [0.1, 0.15) is 49.1 Å². The Kier molecular flexibility index (Phi) is 4.13. The minimum absolute atomic E-state index is 0.0956. The van der Waals surface area contributed by atoms with Gasteiger partial charge in [0.1, 0.15) is 5.82 Å². The van der Waals surface area contributed by atoms with Gasteiger partial charge in [0, 0.05) is 12.5 Å². The quantitative estimate of drug-likeness (QED) is 0.728. The van der Waals surface area contributed by atoms with E-state index in [1.165, 1.54) is 0 Å². The van der Waals surface area contributed by atoms with Gasteiger partial charge in [0.25, 0.3) is 5.91 Å². The summed E-state index contributed by atoms with van der Waals surface area (Å²) in [6.45, 7) is 2.02. The summed E-state index contributed by atoms with van der Waals surface area (Å²) in [7, 11) is 0. The second kappa shape index (κ2) is 5.81. The molecule has 0 aliphatic heterocycles. The molecule has 19 heavy (non-hydrogen) atoms. The Morgan fingerprint density at radius 2 is 2.26 bits per heavy atom. The lowest BCUT2D eigenvalue weighted by Crippen LogP contribution is -2.34. The number of aromatic nitrogens is 3. The average Bonchev–Trinajstić information content (AvgIpc) is 2.98. The largest absolute Gasteiger partial charge is 0.481 e. The summed E-state index contributed by atoms with van der Waals surface area (Å²) in [5, 5.41) is 18.3. The minimum atomic E-state index is -0.792. The number of H-pyrrole nitrogens is 1. The third kappa shape index (κ3) is 3.30. The topological polar surface area (TPSA) is 108 Å². The predicted molar refractivity (Wildman–Crippen MR) is 66.6 cm³/mol. The monoisotopic (exact) mass is 266 g/mol. The van der Waals surface area contributed by atoms with Gasteiger partial charge in [-0.1, -0.05) is 6.92 Å². The van der Waals surface area contributed by atoms with Gasteiger partial charge in [-0.25, -0.2) is 4.98 Å². The number of nitrogens with zero attached hydrogens (tertiary/aromatic N) is 2. The van der Waals surface area contributed by atoms with Crippen molar-refractivity contribution in [3.8, 4) is 0 Å². The van der Waals surface area contributed by atoms with Gasteiger partial charge in [-0.2, -0.15) is 0 Å². The van der Waals surface area contributed by atoms with Crippen LogP contribution in [0, 0.1) is 5.92 Å². The fourth-order valence-corrected chi connectivity index (χ4v) is 2.33. The van der Waals surface area contributed by atoms with Gasteiger partial charge >= 0.3 is 5.97 Å². The number of nitrogens with one attached hydrogen (secondary N) is 2. The lowest BCUT2D eigenvalue weighted by molar-refractivity contribution is -0.141. The second-order valence-electron chi connectivity index (χ2n) is 4.87. The van der Waals surface area contributed by atoms with Gasteiger partial charge in [0.15, 0.2) is 0 Å². The van der Waals surface area contributed by atoms with Gasteiger partial charge in [-0.3, -0.25) is 14.7 Å². The van der Waals surface area contributed by atoms with E-state index in [0.717, 1.165) is 12.8 Å². The van der Waals surface area contributed by atoms with E-state index in [-0.39, 0.29) is 23.7 Å². The van der Waals surface area contributed by atoms with Gasteiger partial charge < -0.3 is 10.4 Å². The van der Waals surface area contributed by atoms with E-state index >= 15 is 0 Å². The highest BCUT2D eigenvalue weighted by molar-refractivity contribution is 5.90. The highest BCUT2D eigenvalue weighted by Crippen LogP contribution is 2.25. The number of aliphatic carboxylic acids is 1. The van der Waals surface area contributed by atoms with Crippen molar-refractivity contribution in [2.45, 2.75) is 45.1 Å². The SMILES string of the molecule is CCCc1nc(C(=O)N[C@H]2CC[C@@H](C(=O)O)C2)n[nH]1. The van der Waals surface area contributed by atoms with Crippen LogP contribution in [0.5, 0.6) is 0 Å². The van der Waals surface area contributed by atoms with Crippen LogP contribution in [0.25, 0.3) is 0 Å². The van der Waals surface area contributed by atoms with Gasteiger partial charge in [-0.15, -0.1) is 5.10 Å². The van der Waals surface area contributed by atoms with Crippen LogP contribution in [0.15, 0.2) is 0 Å². The first-order valence-electron chi connectivity index (χ1n) is 6.55. The maximum Gasteiger partial charge on any atom is 0.306 e. The van der Waals surface area contributed by atoms with Crippen molar-refractivity contribution in [3.05, 3.63) is 11.6 Å². The Balaban J connectivity index is 1.88. The molecule has 0 aromatic carbocycles. The van der Waals surface area contributed by atoms with Crippen LogP contribution in [0.2, 0.25) is 0 Å². The van der Waals surface area contributed by atoms with Crippen LogP contribution in [0.3, 0.4) is 0 Å². The summed E-state index contributed by atoms with van der Waals surface area (Å²) in [6, 6.07) is -0.0956. The predicted octanol–water partition coefficient (Wildman–Crippen LogP) is 0.740. The van der Waals surface area contributed by atoms with E-state index in [1.807, 2.05) is 6.92 Å². The first-order valence-corrected chi connectivity index (χ1v) is 6.55. The summed E-state index contributed by atoms with van der Waals surface area (Å²) in [5.41, 5.74) is 0. The number of rotatable bonds is 5. The second-order valence-corrected chi connectivity index (χ2v) is 4.87. The number of aromatic amines is 1. The van der Waals surface area contributed by atoms with E-state index < -0.39 is 5.97 Å². The third-order valence-electron chi connectivity index (χ3n) is 3.34. The molecule has 0 spiro atoms. The normalized spacial score (nSPS) is 22.4. The van der Waals surface area contributed by atoms with Crippen molar-refractivity contribution in [2.75, 3.05) is 0 Å². The first kappa shape index (κ1) is 13.5. The molecule has 1 amide bonds. The molecule has 0 radical (unpaired) electrons. The Hall–Kier alpha value is -1.92. The Bertz CT molecular complexity index is 471. The number of aryl methyl sites for hydroxylation is 1. The molecule has 0 unspecified atom stereocenters. The third-order valence-corrected chi connectivity index (χ3v) is 3.34.